The molecule has 0 bridgehead atoms. The zero-order valence-electron chi connectivity index (χ0n) is 24.4. The molecule has 0 aromatic heterocycles. The summed E-state index contributed by atoms with van der Waals surface area (Å²) in [5, 5.41) is 17.7. The Labute approximate surface area is 212 Å². The van der Waals surface area contributed by atoms with Crippen molar-refractivity contribution in [2.75, 3.05) is 26.9 Å². The van der Waals surface area contributed by atoms with E-state index in [9.17, 15) is 5.11 Å². The standard InChI is InChI=1S/C29H56N2O2Si/c1-22(2)14-12-15-25(6)28(30-31-18-13-16-26(31)21-33-9)27(20-24(5)17-19-32)34(10,11)29(7,8)23(3)4/h14,17,23,25-27,32H,12-13,15-16,18-21H2,1-11H3/b24-17+,30-28-/t25-,26-,27-/m0/s1. The van der Waals surface area contributed by atoms with Crippen molar-refractivity contribution < 1.29 is 9.84 Å². The molecule has 34 heavy (non-hydrogen) atoms. The normalized spacial score (nSPS) is 20.1. The molecule has 3 atom stereocenters. The van der Waals surface area contributed by atoms with Gasteiger partial charge >= 0.3 is 0 Å². The van der Waals surface area contributed by atoms with Crippen molar-refractivity contribution in [2.24, 2.45) is 16.9 Å². The Morgan fingerprint density at radius 1 is 1.18 bits per heavy atom. The van der Waals surface area contributed by atoms with Gasteiger partial charge in [0, 0.05) is 19.4 Å². The number of hydrazone groups is 1. The van der Waals surface area contributed by atoms with Crippen LogP contribution in [0.3, 0.4) is 0 Å². The summed E-state index contributed by atoms with van der Waals surface area (Å²) in [6.07, 6.45) is 9.91. The first-order chi connectivity index (χ1) is 15.8. The number of aliphatic hydroxyl groups is 1. The number of ether oxygens (including phenoxy) is 1. The van der Waals surface area contributed by atoms with Crippen LogP contribution in [0.1, 0.15) is 87.5 Å². The zero-order valence-corrected chi connectivity index (χ0v) is 25.4. The van der Waals surface area contributed by atoms with Gasteiger partial charge in [-0.1, -0.05) is 71.0 Å². The van der Waals surface area contributed by atoms with E-state index in [-0.39, 0.29) is 11.6 Å². The maximum absolute atomic E-state index is 9.62. The van der Waals surface area contributed by atoms with Crippen molar-refractivity contribution in [1.82, 2.24) is 5.01 Å². The average molecular weight is 493 g/mol. The first-order valence-corrected chi connectivity index (χ1v) is 16.6. The molecule has 1 saturated heterocycles. The summed E-state index contributed by atoms with van der Waals surface area (Å²) < 4.78 is 5.55. The minimum Gasteiger partial charge on any atom is -0.392 e. The summed E-state index contributed by atoms with van der Waals surface area (Å²) in [7, 11) is -0.0394. The lowest BCUT2D eigenvalue weighted by Crippen LogP contribution is -2.50. The van der Waals surface area contributed by atoms with Gasteiger partial charge in [-0.2, -0.15) is 5.10 Å². The number of hydrogen-bond acceptors (Lipinski definition) is 4. The monoisotopic (exact) mass is 492 g/mol. The van der Waals surface area contributed by atoms with Crippen LogP contribution < -0.4 is 0 Å². The van der Waals surface area contributed by atoms with Gasteiger partial charge in [-0.25, -0.2) is 0 Å². The van der Waals surface area contributed by atoms with Crippen molar-refractivity contribution in [1.29, 1.82) is 0 Å². The quantitative estimate of drug-likeness (QED) is 0.154. The minimum atomic E-state index is -1.84. The Morgan fingerprint density at radius 2 is 1.82 bits per heavy atom. The van der Waals surface area contributed by atoms with E-state index in [1.807, 2.05) is 6.08 Å². The maximum atomic E-state index is 9.62. The largest absolute Gasteiger partial charge is 0.392 e. The topological polar surface area (TPSA) is 45.1 Å². The second kappa shape index (κ2) is 14.0. The highest BCUT2D eigenvalue weighted by Crippen LogP contribution is 2.52. The number of aliphatic hydroxyl groups excluding tert-OH is 1. The highest BCUT2D eigenvalue weighted by atomic mass is 28.3. The van der Waals surface area contributed by atoms with Gasteiger partial charge in [-0.15, -0.1) is 0 Å². The molecule has 0 aliphatic carbocycles. The molecule has 0 saturated carbocycles. The van der Waals surface area contributed by atoms with Gasteiger partial charge < -0.3 is 9.84 Å². The molecule has 0 amide bonds. The third-order valence-electron chi connectivity index (χ3n) is 8.90. The van der Waals surface area contributed by atoms with Crippen LogP contribution in [-0.2, 0) is 4.74 Å². The van der Waals surface area contributed by atoms with Gasteiger partial charge in [0.15, 0.2) is 0 Å². The molecule has 198 valence electrons. The van der Waals surface area contributed by atoms with Crippen LogP contribution in [0.15, 0.2) is 28.4 Å². The van der Waals surface area contributed by atoms with E-state index in [4.69, 9.17) is 9.84 Å². The molecule has 0 aromatic carbocycles. The van der Waals surface area contributed by atoms with E-state index in [2.05, 4.69) is 79.6 Å². The van der Waals surface area contributed by atoms with Gasteiger partial charge in [0.1, 0.15) is 0 Å². The third kappa shape index (κ3) is 8.34. The van der Waals surface area contributed by atoms with Gasteiger partial charge in [-0.05, 0) is 75.3 Å². The molecule has 0 aromatic rings. The summed E-state index contributed by atoms with van der Waals surface area (Å²) in [5.41, 5.74) is 4.49. The highest BCUT2D eigenvalue weighted by molar-refractivity contribution is 6.84. The fraction of sp³-hybridized carbons (Fsp3) is 0.828. The minimum absolute atomic E-state index is 0.110. The highest BCUT2D eigenvalue weighted by Gasteiger charge is 2.49. The Kier molecular flexibility index (Phi) is 12.8. The Morgan fingerprint density at radius 3 is 2.35 bits per heavy atom. The van der Waals surface area contributed by atoms with Gasteiger partial charge in [0.25, 0.3) is 0 Å². The van der Waals surface area contributed by atoms with Gasteiger partial charge in [0.2, 0.25) is 0 Å². The lowest BCUT2D eigenvalue weighted by Gasteiger charge is -2.49. The third-order valence-corrected chi connectivity index (χ3v) is 15.0. The second-order valence-electron chi connectivity index (χ2n) is 12.3. The number of methoxy groups -OCH3 is 1. The van der Waals surface area contributed by atoms with E-state index >= 15 is 0 Å². The maximum Gasteiger partial charge on any atom is 0.0704 e. The first-order valence-electron chi connectivity index (χ1n) is 13.5. The summed E-state index contributed by atoms with van der Waals surface area (Å²) in [5.74, 6) is 1.02. The lowest BCUT2D eigenvalue weighted by atomic mass is 9.93. The Hall–Kier alpha value is -0.913. The molecular weight excluding hydrogens is 436 g/mol. The Bertz CT molecular complexity index is 705. The van der Waals surface area contributed by atoms with Gasteiger partial charge in [0.05, 0.1) is 27.3 Å². The molecule has 1 rings (SSSR count). The fourth-order valence-electron chi connectivity index (χ4n) is 5.23. The average Bonchev–Trinajstić information content (AvgIpc) is 3.17. The van der Waals surface area contributed by atoms with Crippen molar-refractivity contribution in [2.45, 2.75) is 117 Å². The second-order valence-corrected chi connectivity index (χ2v) is 17.7. The molecule has 0 unspecified atom stereocenters. The van der Waals surface area contributed by atoms with Crippen LogP contribution in [0.2, 0.25) is 23.7 Å². The summed E-state index contributed by atoms with van der Waals surface area (Å²) >= 11 is 0. The number of rotatable bonds is 14. The van der Waals surface area contributed by atoms with Gasteiger partial charge in [-0.3, -0.25) is 5.01 Å². The first kappa shape index (κ1) is 31.1. The van der Waals surface area contributed by atoms with E-state index in [1.54, 1.807) is 7.11 Å². The zero-order chi connectivity index (χ0) is 26.1. The van der Waals surface area contributed by atoms with E-state index in [0.717, 1.165) is 38.8 Å². The molecule has 0 spiro atoms. The molecule has 1 aliphatic rings. The predicted molar refractivity (Wildman–Crippen MR) is 152 cm³/mol. The van der Waals surface area contributed by atoms with E-state index in [1.165, 1.54) is 23.3 Å². The molecule has 1 N–H and O–H groups in total. The lowest BCUT2D eigenvalue weighted by molar-refractivity contribution is 0.117. The van der Waals surface area contributed by atoms with Crippen molar-refractivity contribution in [3.05, 3.63) is 23.3 Å². The molecule has 1 heterocycles. The summed E-state index contributed by atoms with van der Waals surface area (Å²) in [6, 6.07) is 0.377. The molecule has 1 aliphatic heterocycles. The smallest absolute Gasteiger partial charge is 0.0704 e. The molecule has 0 radical (unpaired) electrons. The fourth-order valence-corrected chi connectivity index (χ4v) is 9.53. The van der Waals surface area contributed by atoms with Crippen LogP contribution in [-0.4, -0.2) is 56.8 Å². The molecule has 4 nitrogen and oxygen atoms in total. The van der Waals surface area contributed by atoms with Crippen molar-refractivity contribution in [3.63, 3.8) is 0 Å². The van der Waals surface area contributed by atoms with Crippen LogP contribution in [0.25, 0.3) is 0 Å². The number of nitrogens with zero attached hydrogens (tertiary/aromatic N) is 2. The summed E-state index contributed by atoms with van der Waals surface area (Å²) in [6.45, 7) is 25.7. The number of hydrogen-bond donors (Lipinski definition) is 1. The molecule has 5 heteroatoms. The van der Waals surface area contributed by atoms with Crippen LogP contribution in [0.5, 0.6) is 0 Å². The van der Waals surface area contributed by atoms with Crippen LogP contribution in [0, 0.1) is 11.8 Å². The van der Waals surface area contributed by atoms with Crippen molar-refractivity contribution >= 4 is 13.8 Å². The Balaban J connectivity index is 3.60. The predicted octanol–water partition coefficient (Wildman–Crippen LogP) is 7.68. The van der Waals surface area contributed by atoms with E-state index < -0.39 is 8.07 Å². The summed E-state index contributed by atoms with van der Waals surface area (Å²) in [4.78, 5) is 0. The number of allylic oxidation sites excluding steroid dienone is 3. The van der Waals surface area contributed by atoms with Crippen molar-refractivity contribution in [3.8, 4) is 0 Å². The van der Waals surface area contributed by atoms with Crippen LogP contribution in [0.4, 0.5) is 0 Å². The molecular formula is C29H56N2O2Si. The SMILES string of the molecule is COC[C@@H]1CCCN1/N=C(/[C@@H](C)CCC=C(C)C)[C@H](C/C(C)=C/CO)[Si](C)(C)C(C)(C)C(C)C. The molecule has 1 fully saturated rings. The van der Waals surface area contributed by atoms with E-state index in [0.29, 0.717) is 23.4 Å². The van der Waals surface area contributed by atoms with Crippen LogP contribution >= 0.6 is 0 Å².